The molecule has 0 unspecified atom stereocenters. The number of aryl methyl sites for hydroxylation is 1. The number of rotatable bonds is 10. The molecule has 15 nitrogen and oxygen atoms in total. The number of hydrogen-bond acceptors (Lipinski definition) is 13. The molecule has 19 heteroatoms. The summed E-state index contributed by atoms with van der Waals surface area (Å²) in [4.78, 5) is 3.40. The van der Waals surface area contributed by atoms with Gasteiger partial charge in [0.2, 0.25) is 0 Å². The fourth-order valence-electron chi connectivity index (χ4n) is 3.72. The van der Waals surface area contributed by atoms with Crippen LogP contribution in [0.15, 0.2) is 114 Å². The minimum Gasteiger partial charge on any atom is -0.846 e. The van der Waals surface area contributed by atoms with Crippen LogP contribution < -0.4 is 79.0 Å². The van der Waals surface area contributed by atoms with Gasteiger partial charge in [-0.05, 0) is 79.2 Å². The van der Waals surface area contributed by atoms with E-state index in [1.165, 1.54) is 68.8 Å². The van der Waals surface area contributed by atoms with E-state index in [1.807, 2.05) is 0 Å². The maximum absolute atomic E-state index is 12.8. The second kappa shape index (κ2) is 17.3. The van der Waals surface area contributed by atoms with E-state index in [9.17, 15) is 26.5 Å². The molecule has 0 aliphatic heterocycles. The number of hydrogen-bond donors (Lipinski definition) is 2. The molecule has 0 fully saturated rings. The monoisotopic (exact) mass is 698 g/mol. The Morgan fingerprint density at radius 2 is 1.21 bits per heavy atom. The standard InChI is InChI=1S/C28H26N6O9S2.2Na/c1-17-14-25(27(43-3)16-24(17)34-32-19-6-11-22(12-7-19)45(39,40)41)30-28(35)29-23-13-8-20(15-26(23)42-2)33-31-18-4-9-21(10-5-18)44(36,37)38;;/h4-16H,1-3H3,(H2,29,30,35)(H,36,37,38)(H,39,40,41);;/q;2*+1/p-2. The molecule has 0 aliphatic carbocycles. The summed E-state index contributed by atoms with van der Waals surface area (Å²) in [7, 11) is -6.11. The Balaban J connectivity index is 0.00000384. The average Bonchev–Trinajstić information content (AvgIpc) is 2.99. The van der Waals surface area contributed by atoms with Crippen molar-refractivity contribution in [3.8, 4) is 11.5 Å². The van der Waals surface area contributed by atoms with E-state index >= 15 is 0 Å². The van der Waals surface area contributed by atoms with Gasteiger partial charge in [0.1, 0.15) is 27.3 Å². The molecule has 0 aliphatic rings. The van der Waals surface area contributed by atoms with Crippen LogP contribution in [-0.4, -0.2) is 46.2 Å². The quantitative estimate of drug-likeness (QED) is 0.0707. The number of azo groups is 2. The summed E-state index contributed by atoms with van der Waals surface area (Å²) in [6.07, 6.45) is 0. The molecule has 2 N–H and O–H groups in total. The Kier molecular flexibility index (Phi) is 14.7. The number of nitrogens with one attached hydrogen (secondary N) is 1. The summed E-state index contributed by atoms with van der Waals surface area (Å²) in [6.45, 7) is 1.73. The molecule has 47 heavy (non-hydrogen) atoms. The maximum atomic E-state index is 12.8. The van der Waals surface area contributed by atoms with Crippen LogP contribution in [0.2, 0.25) is 0 Å². The van der Waals surface area contributed by atoms with Crippen molar-refractivity contribution in [3.63, 3.8) is 0 Å². The molecule has 4 aromatic rings. The Bertz CT molecular complexity index is 2020. The zero-order valence-corrected chi connectivity index (χ0v) is 31.4. The summed E-state index contributed by atoms with van der Waals surface area (Å²) in [6, 6.07) is 17.0. The first-order chi connectivity index (χ1) is 21.3. The molecule has 0 bridgehead atoms. The first-order valence-electron chi connectivity index (χ1n) is 12.6. The van der Waals surface area contributed by atoms with Crippen molar-refractivity contribution in [2.45, 2.75) is 16.7 Å². The topological polar surface area (TPSA) is 227 Å². The Labute approximate surface area is 315 Å². The molecule has 4 rings (SSSR count). The van der Waals surface area contributed by atoms with Gasteiger partial charge in [0.25, 0.3) is 10.1 Å². The van der Waals surface area contributed by atoms with Crippen molar-refractivity contribution in [1.29, 1.82) is 0 Å². The van der Waals surface area contributed by atoms with Gasteiger partial charge in [0.05, 0.1) is 58.5 Å². The molecular weight excluding hydrogens is 674 g/mol. The van der Waals surface area contributed by atoms with E-state index < -0.39 is 26.3 Å². The molecule has 0 aromatic heterocycles. The van der Waals surface area contributed by atoms with E-state index in [4.69, 9.17) is 14.0 Å². The number of methoxy groups -OCH3 is 2. The summed E-state index contributed by atoms with van der Waals surface area (Å²) >= 11 is 0. The molecule has 0 atom stereocenters. The molecule has 0 amide bonds. The number of anilines is 1. The number of amidine groups is 1. The van der Waals surface area contributed by atoms with Gasteiger partial charge in [-0.15, -0.1) is 0 Å². The molecular formula is C28H24N6Na2O9S2. The number of nitrogens with zero attached hydrogens (tertiary/aromatic N) is 5. The molecule has 0 heterocycles. The third kappa shape index (κ3) is 11.2. The van der Waals surface area contributed by atoms with E-state index in [1.54, 1.807) is 19.1 Å². The largest absolute Gasteiger partial charge is 1.00 e. The predicted molar refractivity (Wildman–Crippen MR) is 160 cm³/mol. The average molecular weight is 699 g/mol. The first kappa shape index (κ1) is 39.9. The van der Waals surface area contributed by atoms with Crippen LogP contribution in [0.3, 0.4) is 0 Å². The zero-order chi connectivity index (χ0) is 32.8. The van der Waals surface area contributed by atoms with Crippen LogP contribution >= 0.6 is 0 Å². The van der Waals surface area contributed by atoms with Crippen LogP contribution in [0.25, 0.3) is 0 Å². The zero-order valence-electron chi connectivity index (χ0n) is 25.8. The van der Waals surface area contributed by atoms with Crippen molar-refractivity contribution in [2.75, 3.05) is 19.5 Å². The Hall–Kier alpha value is -3.23. The third-order valence-electron chi connectivity index (χ3n) is 5.96. The van der Waals surface area contributed by atoms with Crippen molar-refractivity contribution >= 4 is 60.4 Å². The van der Waals surface area contributed by atoms with Gasteiger partial charge in [0, 0.05) is 12.1 Å². The molecule has 0 spiro atoms. The van der Waals surface area contributed by atoms with Crippen LogP contribution in [0.5, 0.6) is 11.5 Å². The number of aliphatic imine (C=N–C) groups is 1. The summed E-state index contributed by atoms with van der Waals surface area (Å²) in [5, 5.41) is 31.8. The van der Waals surface area contributed by atoms with E-state index in [2.05, 4.69) is 30.8 Å². The SMILES string of the molecule is COc1cc(N=Nc2ccc(S(=O)(=O)[O-])cc2)ccc1N=C([O-])Nc1cc(C)c(N=Nc2ccc(S(=O)(=O)O)cc2)cc1OC.[Na+].[Na+]. The smallest absolute Gasteiger partial charge is 0.846 e. The summed E-state index contributed by atoms with van der Waals surface area (Å²) < 4.78 is 75.5. The summed E-state index contributed by atoms with van der Waals surface area (Å²) in [5.74, 6) is 0.487. The van der Waals surface area contributed by atoms with Gasteiger partial charge in [-0.1, -0.05) is 0 Å². The molecule has 4 aromatic carbocycles. The third-order valence-corrected chi connectivity index (χ3v) is 7.68. The van der Waals surface area contributed by atoms with Crippen molar-refractivity contribution in [2.24, 2.45) is 25.4 Å². The maximum Gasteiger partial charge on any atom is 1.00 e. The fraction of sp³-hybridized carbons (Fsp3) is 0.107. The van der Waals surface area contributed by atoms with Gasteiger partial charge in [0.15, 0.2) is 0 Å². The molecule has 0 saturated heterocycles. The van der Waals surface area contributed by atoms with E-state index in [0.717, 1.165) is 12.1 Å². The molecule has 0 saturated carbocycles. The Morgan fingerprint density at radius 1 is 0.702 bits per heavy atom. The second-order valence-corrected chi connectivity index (χ2v) is 11.9. The fourth-order valence-corrected chi connectivity index (χ4v) is 4.67. The minimum atomic E-state index is -4.57. The first-order valence-corrected chi connectivity index (χ1v) is 15.5. The predicted octanol–water partition coefficient (Wildman–Crippen LogP) is -0.538. The van der Waals surface area contributed by atoms with Crippen LogP contribution in [-0.2, 0) is 20.2 Å². The number of benzene rings is 4. The van der Waals surface area contributed by atoms with Crippen LogP contribution in [0.4, 0.5) is 34.1 Å². The molecule has 234 valence electrons. The van der Waals surface area contributed by atoms with Crippen LogP contribution in [0, 0.1) is 6.92 Å². The van der Waals surface area contributed by atoms with E-state index in [-0.39, 0.29) is 86.1 Å². The van der Waals surface area contributed by atoms with Crippen molar-refractivity contribution in [3.05, 3.63) is 84.4 Å². The normalized spacial score (nSPS) is 12.0. The van der Waals surface area contributed by atoms with E-state index in [0.29, 0.717) is 34.0 Å². The second-order valence-electron chi connectivity index (χ2n) is 9.05. The van der Waals surface area contributed by atoms with Gasteiger partial charge in [-0.3, -0.25) is 4.55 Å². The molecule has 0 radical (unpaired) electrons. The van der Waals surface area contributed by atoms with Gasteiger partial charge in [-0.2, -0.15) is 28.9 Å². The van der Waals surface area contributed by atoms with Crippen molar-refractivity contribution < 1.29 is 99.6 Å². The van der Waals surface area contributed by atoms with Crippen LogP contribution in [0.1, 0.15) is 5.56 Å². The number of ether oxygens (including phenoxy) is 2. The van der Waals surface area contributed by atoms with Crippen molar-refractivity contribution in [1.82, 2.24) is 0 Å². The van der Waals surface area contributed by atoms with Gasteiger partial charge >= 0.3 is 59.1 Å². The van der Waals surface area contributed by atoms with Gasteiger partial charge in [-0.25, -0.2) is 13.4 Å². The van der Waals surface area contributed by atoms with Gasteiger partial charge < -0.3 is 24.4 Å². The summed E-state index contributed by atoms with van der Waals surface area (Å²) in [5.41, 5.74) is 2.54. The minimum absolute atomic E-state index is 0. The Morgan fingerprint density at radius 3 is 1.74 bits per heavy atom.